The van der Waals surface area contributed by atoms with E-state index in [2.05, 4.69) is 30.3 Å². The van der Waals surface area contributed by atoms with E-state index in [0.29, 0.717) is 0 Å². The Balaban J connectivity index is 1.74. The van der Waals surface area contributed by atoms with Crippen molar-refractivity contribution in [3.8, 4) is 0 Å². The molecule has 2 N–H and O–H groups in total. The molecule has 3 rings (SSSR count). The highest BCUT2D eigenvalue weighted by Gasteiger charge is 2.20. The molecule has 104 valence electrons. The second-order valence-electron chi connectivity index (χ2n) is 5.74. The van der Waals surface area contributed by atoms with Crippen molar-refractivity contribution in [1.82, 2.24) is 0 Å². The molecule has 1 aliphatic rings. The van der Waals surface area contributed by atoms with Crippen LogP contribution in [-0.4, -0.2) is 0 Å². The third-order valence-corrected chi connectivity index (χ3v) is 4.50. The molecular weight excluding hydrogens is 266 g/mol. The van der Waals surface area contributed by atoms with Gasteiger partial charge in [0.05, 0.1) is 0 Å². The molecule has 0 spiro atoms. The summed E-state index contributed by atoms with van der Waals surface area (Å²) >= 11 is 6.03. The van der Waals surface area contributed by atoms with Crippen molar-refractivity contribution in [1.29, 1.82) is 0 Å². The molecule has 2 aromatic carbocycles. The van der Waals surface area contributed by atoms with Crippen LogP contribution in [0.4, 0.5) is 0 Å². The quantitative estimate of drug-likeness (QED) is 0.854. The summed E-state index contributed by atoms with van der Waals surface area (Å²) in [5.74, 6) is 0.758. The van der Waals surface area contributed by atoms with Gasteiger partial charge in [-0.3, -0.25) is 0 Å². The highest BCUT2D eigenvalue weighted by atomic mass is 35.5. The van der Waals surface area contributed by atoms with Crippen LogP contribution >= 0.6 is 11.6 Å². The summed E-state index contributed by atoms with van der Waals surface area (Å²) in [4.78, 5) is 0. The fraction of sp³-hybridized carbons (Fsp3) is 0.333. The highest BCUT2D eigenvalue weighted by molar-refractivity contribution is 6.30. The largest absolute Gasteiger partial charge is 0.324 e. The van der Waals surface area contributed by atoms with E-state index in [9.17, 15) is 0 Å². The van der Waals surface area contributed by atoms with Gasteiger partial charge >= 0.3 is 0 Å². The van der Waals surface area contributed by atoms with Gasteiger partial charge in [-0.25, -0.2) is 0 Å². The lowest BCUT2D eigenvalue weighted by atomic mass is 9.79. The van der Waals surface area contributed by atoms with Gasteiger partial charge in [0, 0.05) is 11.1 Å². The Hall–Kier alpha value is -1.31. The number of hydrogen-bond acceptors (Lipinski definition) is 1. The minimum absolute atomic E-state index is 0.0356. The molecular formula is C18H20ClN. The van der Waals surface area contributed by atoms with Gasteiger partial charge in [0.1, 0.15) is 0 Å². The molecule has 1 aliphatic carbocycles. The van der Waals surface area contributed by atoms with Crippen LogP contribution in [-0.2, 0) is 6.42 Å². The van der Waals surface area contributed by atoms with Gasteiger partial charge in [-0.1, -0.05) is 54.4 Å². The zero-order valence-corrected chi connectivity index (χ0v) is 12.3. The van der Waals surface area contributed by atoms with Crippen molar-refractivity contribution in [3.63, 3.8) is 0 Å². The molecule has 0 aliphatic heterocycles. The lowest BCUT2D eigenvalue weighted by Crippen LogP contribution is -2.15. The average molecular weight is 286 g/mol. The van der Waals surface area contributed by atoms with E-state index in [1.165, 1.54) is 36.0 Å². The van der Waals surface area contributed by atoms with Crippen LogP contribution in [0.1, 0.15) is 47.9 Å². The highest BCUT2D eigenvalue weighted by Crippen LogP contribution is 2.37. The van der Waals surface area contributed by atoms with E-state index < -0.39 is 0 Å². The maximum atomic E-state index is 6.36. The molecule has 0 heterocycles. The molecule has 0 radical (unpaired) electrons. The zero-order chi connectivity index (χ0) is 13.9. The number of hydrogen-bond donors (Lipinski definition) is 1. The van der Waals surface area contributed by atoms with Crippen molar-refractivity contribution in [2.45, 2.75) is 37.6 Å². The summed E-state index contributed by atoms with van der Waals surface area (Å²) < 4.78 is 0. The fourth-order valence-electron chi connectivity index (χ4n) is 2.82. The Morgan fingerprint density at radius 1 is 1.10 bits per heavy atom. The van der Waals surface area contributed by atoms with E-state index in [0.717, 1.165) is 17.4 Å². The van der Waals surface area contributed by atoms with Crippen LogP contribution in [0.25, 0.3) is 0 Å². The summed E-state index contributed by atoms with van der Waals surface area (Å²) in [7, 11) is 0. The Kier molecular flexibility index (Phi) is 4.09. The van der Waals surface area contributed by atoms with Crippen molar-refractivity contribution < 1.29 is 0 Å². The SMILES string of the molecule is NC(Cc1cccc(Cl)c1)c1cccc(C2CCC2)c1. The first kappa shape index (κ1) is 13.7. The van der Waals surface area contributed by atoms with E-state index in [1.807, 2.05) is 18.2 Å². The van der Waals surface area contributed by atoms with Gasteiger partial charge in [-0.2, -0.15) is 0 Å². The minimum atomic E-state index is 0.0356. The molecule has 1 atom stereocenters. The van der Waals surface area contributed by atoms with Crippen molar-refractivity contribution in [2.24, 2.45) is 5.73 Å². The van der Waals surface area contributed by atoms with Gasteiger partial charge in [0.2, 0.25) is 0 Å². The third kappa shape index (κ3) is 3.05. The van der Waals surface area contributed by atoms with Crippen molar-refractivity contribution in [3.05, 3.63) is 70.2 Å². The maximum Gasteiger partial charge on any atom is 0.0408 e. The zero-order valence-electron chi connectivity index (χ0n) is 11.6. The molecule has 0 saturated heterocycles. The monoisotopic (exact) mass is 285 g/mol. The first-order chi connectivity index (χ1) is 9.72. The predicted molar refractivity (Wildman–Crippen MR) is 85.1 cm³/mol. The molecule has 0 aromatic heterocycles. The Bertz CT molecular complexity index is 589. The van der Waals surface area contributed by atoms with Crippen LogP contribution in [0, 0.1) is 0 Å². The summed E-state index contributed by atoms with van der Waals surface area (Å²) in [5.41, 5.74) is 10.2. The normalized spacial score (nSPS) is 16.7. The summed E-state index contributed by atoms with van der Waals surface area (Å²) in [6, 6.07) is 16.8. The van der Waals surface area contributed by atoms with Crippen LogP contribution < -0.4 is 5.73 Å². The topological polar surface area (TPSA) is 26.0 Å². The standard InChI is InChI=1S/C18H20ClN/c19-17-9-1-4-13(10-17)11-18(20)16-8-3-7-15(12-16)14-5-2-6-14/h1,3-4,7-10,12,14,18H,2,5-6,11,20H2. The summed E-state index contributed by atoms with van der Waals surface area (Å²) in [6.07, 6.45) is 4.85. The smallest absolute Gasteiger partial charge is 0.0408 e. The second-order valence-corrected chi connectivity index (χ2v) is 6.17. The first-order valence-corrected chi connectivity index (χ1v) is 7.70. The van der Waals surface area contributed by atoms with Gasteiger partial charge < -0.3 is 5.73 Å². The summed E-state index contributed by atoms with van der Waals surface area (Å²) in [5, 5.41) is 0.776. The minimum Gasteiger partial charge on any atom is -0.324 e. The Morgan fingerprint density at radius 3 is 2.60 bits per heavy atom. The summed E-state index contributed by atoms with van der Waals surface area (Å²) in [6.45, 7) is 0. The van der Waals surface area contributed by atoms with Crippen LogP contribution in [0.3, 0.4) is 0 Å². The van der Waals surface area contributed by atoms with Gasteiger partial charge in [-0.15, -0.1) is 0 Å². The Labute approximate surface area is 125 Å². The van der Waals surface area contributed by atoms with Gasteiger partial charge in [-0.05, 0) is 54.0 Å². The molecule has 2 aromatic rings. The number of halogens is 1. The van der Waals surface area contributed by atoms with E-state index in [-0.39, 0.29) is 6.04 Å². The predicted octanol–water partition coefficient (Wildman–Crippen LogP) is 4.85. The molecule has 1 unspecified atom stereocenters. The van der Waals surface area contributed by atoms with Crippen LogP contribution in [0.5, 0.6) is 0 Å². The molecule has 20 heavy (non-hydrogen) atoms. The van der Waals surface area contributed by atoms with E-state index >= 15 is 0 Å². The van der Waals surface area contributed by atoms with Crippen molar-refractivity contribution >= 4 is 11.6 Å². The van der Waals surface area contributed by atoms with Gasteiger partial charge in [0.25, 0.3) is 0 Å². The molecule has 0 bridgehead atoms. The van der Waals surface area contributed by atoms with E-state index in [4.69, 9.17) is 17.3 Å². The fourth-order valence-corrected chi connectivity index (χ4v) is 3.03. The molecule has 1 fully saturated rings. The second kappa shape index (κ2) is 5.99. The lowest BCUT2D eigenvalue weighted by molar-refractivity contribution is 0.419. The molecule has 2 heteroatoms. The first-order valence-electron chi connectivity index (χ1n) is 7.32. The van der Waals surface area contributed by atoms with E-state index in [1.54, 1.807) is 0 Å². The third-order valence-electron chi connectivity index (χ3n) is 4.26. The lowest BCUT2D eigenvalue weighted by Gasteiger charge is -2.26. The number of nitrogens with two attached hydrogens (primary N) is 1. The number of rotatable bonds is 4. The maximum absolute atomic E-state index is 6.36. The van der Waals surface area contributed by atoms with Crippen LogP contribution in [0.15, 0.2) is 48.5 Å². The van der Waals surface area contributed by atoms with Gasteiger partial charge in [0.15, 0.2) is 0 Å². The van der Waals surface area contributed by atoms with Crippen molar-refractivity contribution in [2.75, 3.05) is 0 Å². The Morgan fingerprint density at radius 2 is 1.90 bits per heavy atom. The number of benzene rings is 2. The molecule has 1 nitrogen and oxygen atoms in total. The molecule has 0 amide bonds. The van der Waals surface area contributed by atoms with Crippen LogP contribution in [0.2, 0.25) is 5.02 Å². The average Bonchev–Trinajstić information content (AvgIpc) is 2.37. The molecule has 1 saturated carbocycles.